The predicted octanol–water partition coefficient (Wildman–Crippen LogP) is 4.65. The molecule has 2 atom stereocenters. The maximum atomic E-state index is 12.9. The largest absolute Gasteiger partial charge is 0.573 e. The molecule has 13 heteroatoms. The van der Waals surface area contributed by atoms with Gasteiger partial charge in [-0.3, -0.25) is 14.4 Å². The van der Waals surface area contributed by atoms with Crippen LogP contribution in [-0.4, -0.2) is 73.5 Å². The molecule has 0 bridgehead atoms. The smallest absolute Gasteiger partial charge is 0.493 e. The van der Waals surface area contributed by atoms with Crippen molar-refractivity contribution >= 4 is 24.5 Å². The molecule has 1 unspecified atom stereocenters. The number of alkyl halides is 3. The number of carbonyl (C=O) groups is 4. The molecule has 0 heterocycles. The lowest BCUT2D eigenvalue weighted by Crippen LogP contribution is -2.36. The van der Waals surface area contributed by atoms with Gasteiger partial charge in [0.1, 0.15) is 17.8 Å². The van der Waals surface area contributed by atoms with Crippen molar-refractivity contribution in [1.82, 2.24) is 15.1 Å². The Morgan fingerprint density at radius 3 is 2.47 bits per heavy atom. The summed E-state index contributed by atoms with van der Waals surface area (Å²) in [6.45, 7) is 4.56. The molecule has 0 aliphatic rings. The molecule has 1 N–H and O–H groups in total. The van der Waals surface area contributed by atoms with Gasteiger partial charge in [-0.15, -0.1) is 13.2 Å². The molecule has 244 valence electrons. The van der Waals surface area contributed by atoms with Gasteiger partial charge in [0.15, 0.2) is 0 Å². The van der Waals surface area contributed by atoms with Crippen LogP contribution in [0.3, 0.4) is 0 Å². The van der Waals surface area contributed by atoms with E-state index < -0.39 is 24.1 Å². The van der Waals surface area contributed by atoms with Crippen LogP contribution >= 0.6 is 0 Å². The Bertz CT molecular complexity index is 1330. The number of carbonyl (C=O) groups excluding carboxylic acids is 4. The maximum absolute atomic E-state index is 12.9. The van der Waals surface area contributed by atoms with Crippen LogP contribution in [0.15, 0.2) is 42.5 Å². The van der Waals surface area contributed by atoms with Gasteiger partial charge in [-0.2, -0.15) is 5.26 Å². The second-order valence-corrected chi connectivity index (χ2v) is 10.3. The highest BCUT2D eigenvalue weighted by Gasteiger charge is 2.31. The average Bonchev–Trinajstić information content (AvgIpc) is 3.01. The topological polar surface area (TPSA) is 129 Å². The second kappa shape index (κ2) is 18.3. The zero-order valence-electron chi connectivity index (χ0n) is 25.6. The molecule has 0 radical (unpaired) electrons. The number of aryl methyl sites for hydroxylation is 1. The van der Waals surface area contributed by atoms with Gasteiger partial charge < -0.3 is 29.4 Å². The van der Waals surface area contributed by atoms with Crippen molar-refractivity contribution in [3.05, 3.63) is 59.2 Å². The third-order valence-electron chi connectivity index (χ3n) is 7.24. The Morgan fingerprint density at radius 2 is 1.84 bits per heavy atom. The van der Waals surface area contributed by atoms with Crippen LogP contribution < -0.4 is 14.8 Å². The first-order valence-corrected chi connectivity index (χ1v) is 14.6. The molecular weight excluding hydrogens is 593 g/mol. The number of nitrogens with zero attached hydrogens (tertiary/aromatic N) is 3. The van der Waals surface area contributed by atoms with Crippen LogP contribution in [0.4, 0.5) is 13.2 Å². The third kappa shape index (κ3) is 12.1. The molecular formula is C32H39F3N4O6. The number of benzene rings is 2. The SMILES string of the molecule is CCN(CC[C@@H](C#N)c1cccc(OC(F)(F)F)c1)C(=O)CCCOc1cccc(C)c1CN(C=O)C(C=O)CCC(=O)NC. The number of nitriles is 1. The Labute approximate surface area is 261 Å². The minimum absolute atomic E-state index is 0.0887. The summed E-state index contributed by atoms with van der Waals surface area (Å²) in [7, 11) is 1.49. The van der Waals surface area contributed by atoms with Gasteiger partial charge in [0, 0.05) is 38.5 Å². The van der Waals surface area contributed by atoms with Gasteiger partial charge in [-0.25, -0.2) is 0 Å². The van der Waals surface area contributed by atoms with E-state index in [-0.39, 0.29) is 57.2 Å². The summed E-state index contributed by atoms with van der Waals surface area (Å²) in [5, 5.41) is 12.1. The number of hydrogen-bond donors (Lipinski definition) is 1. The van der Waals surface area contributed by atoms with E-state index in [9.17, 15) is 37.6 Å². The van der Waals surface area contributed by atoms with E-state index in [0.717, 1.165) is 11.6 Å². The van der Waals surface area contributed by atoms with E-state index in [4.69, 9.17) is 4.74 Å². The average molecular weight is 633 g/mol. The van der Waals surface area contributed by atoms with Gasteiger partial charge in [0.2, 0.25) is 18.2 Å². The molecule has 2 aromatic rings. The number of amides is 3. The monoisotopic (exact) mass is 632 g/mol. The fourth-order valence-electron chi connectivity index (χ4n) is 4.69. The minimum Gasteiger partial charge on any atom is -0.493 e. The number of hydrogen-bond acceptors (Lipinski definition) is 7. The lowest BCUT2D eigenvalue weighted by atomic mass is 9.96. The van der Waals surface area contributed by atoms with Gasteiger partial charge in [0.25, 0.3) is 0 Å². The minimum atomic E-state index is -4.85. The molecule has 0 spiro atoms. The Balaban J connectivity index is 1.95. The van der Waals surface area contributed by atoms with Crippen LogP contribution in [0.1, 0.15) is 61.6 Å². The summed E-state index contributed by atoms with van der Waals surface area (Å²) in [4.78, 5) is 51.0. The Morgan fingerprint density at radius 1 is 1.11 bits per heavy atom. The van der Waals surface area contributed by atoms with Crippen molar-refractivity contribution < 1.29 is 41.8 Å². The Hall–Kier alpha value is -4.60. The van der Waals surface area contributed by atoms with E-state index in [2.05, 4.69) is 16.1 Å². The zero-order valence-corrected chi connectivity index (χ0v) is 25.6. The number of aldehydes is 1. The highest BCUT2D eigenvalue weighted by molar-refractivity contribution is 5.76. The molecule has 45 heavy (non-hydrogen) atoms. The van der Waals surface area contributed by atoms with E-state index >= 15 is 0 Å². The summed E-state index contributed by atoms with van der Waals surface area (Å²) in [5.41, 5.74) is 1.90. The Kier molecular flexibility index (Phi) is 14.9. The predicted molar refractivity (Wildman–Crippen MR) is 159 cm³/mol. The fraction of sp³-hybridized carbons (Fsp3) is 0.469. The zero-order chi connectivity index (χ0) is 33.4. The highest BCUT2D eigenvalue weighted by atomic mass is 19.4. The standard InChI is InChI=1S/C32H39F3N4O6/c1-4-38(16-15-25(19-36)24-9-6-10-27(18-24)45-32(33,34)35)31(43)12-7-17-44-29-11-5-8-23(2)28(29)20-39(22-41)26(21-40)13-14-30(42)37-3/h5-6,8-11,18,21-22,25-26H,4,7,12-17,20H2,1-3H3,(H,37,42)/t25-,26?/m0/s1. The van der Waals surface area contributed by atoms with Gasteiger partial charge in [-0.05, 0) is 62.4 Å². The molecule has 0 aliphatic carbocycles. The molecule has 0 fully saturated rings. The molecule has 10 nitrogen and oxygen atoms in total. The van der Waals surface area contributed by atoms with Crippen molar-refractivity contribution in [2.75, 3.05) is 26.7 Å². The molecule has 0 saturated heterocycles. The third-order valence-corrected chi connectivity index (χ3v) is 7.24. The lowest BCUT2D eigenvalue weighted by Gasteiger charge is -2.26. The van der Waals surface area contributed by atoms with Gasteiger partial charge >= 0.3 is 6.36 Å². The fourth-order valence-corrected chi connectivity index (χ4v) is 4.69. The molecule has 0 aliphatic heterocycles. The van der Waals surface area contributed by atoms with Crippen LogP contribution in [-0.2, 0) is 25.7 Å². The molecule has 0 saturated carbocycles. The molecule has 0 aromatic heterocycles. The highest BCUT2D eigenvalue weighted by Crippen LogP contribution is 2.28. The summed E-state index contributed by atoms with van der Waals surface area (Å²) in [5.74, 6) is -1.04. The molecule has 2 rings (SSSR count). The number of halogens is 3. The maximum Gasteiger partial charge on any atom is 0.573 e. The van der Waals surface area contributed by atoms with E-state index in [1.807, 2.05) is 13.0 Å². The number of rotatable bonds is 19. The number of nitrogens with one attached hydrogen (secondary N) is 1. The van der Waals surface area contributed by atoms with Crippen LogP contribution in [0, 0.1) is 18.3 Å². The first-order chi connectivity index (χ1) is 21.5. The van der Waals surface area contributed by atoms with Crippen molar-refractivity contribution in [1.29, 1.82) is 5.26 Å². The second-order valence-electron chi connectivity index (χ2n) is 10.3. The van der Waals surface area contributed by atoms with E-state index in [0.29, 0.717) is 42.5 Å². The number of ether oxygens (including phenoxy) is 2. The van der Waals surface area contributed by atoms with E-state index in [1.165, 1.54) is 24.1 Å². The van der Waals surface area contributed by atoms with Crippen molar-refractivity contribution in [2.24, 2.45) is 0 Å². The molecule has 2 aromatic carbocycles. The van der Waals surface area contributed by atoms with Crippen molar-refractivity contribution in [3.8, 4) is 17.6 Å². The quantitative estimate of drug-likeness (QED) is 0.176. The van der Waals surface area contributed by atoms with Gasteiger partial charge in [0.05, 0.1) is 31.2 Å². The summed E-state index contributed by atoms with van der Waals surface area (Å²) in [6.07, 6.45) is -2.61. The van der Waals surface area contributed by atoms with Gasteiger partial charge in [-0.1, -0.05) is 24.3 Å². The van der Waals surface area contributed by atoms with Crippen molar-refractivity contribution in [2.45, 2.75) is 70.8 Å². The molecule has 3 amide bonds. The van der Waals surface area contributed by atoms with Crippen LogP contribution in [0.2, 0.25) is 0 Å². The van der Waals surface area contributed by atoms with Crippen LogP contribution in [0.5, 0.6) is 11.5 Å². The summed E-state index contributed by atoms with van der Waals surface area (Å²) in [6, 6.07) is 11.9. The normalized spacial score (nSPS) is 12.3. The summed E-state index contributed by atoms with van der Waals surface area (Å²) >= 11 is 0. The first kappa shape index (κ1) is 36.6. The van der Waals surface area contributed by atoms with E-state index in [1.54, 1.807) is 30.0 Å². The van der Waals surface area contributed by atoms with Crippen molar-refractivity contribution in [3.63, 3.8) is 0 Å². The lowest BCUT2D eigenvalue weighted by molar-refractivity contribution is -0.274. The van der Waals surface area contributed by atoms with Crippen LogP contribution in [0.25, 0.3) is 0 Å². The summed E-state index contributed by atoms with van der Waals surface area (Å²) < 4.78 is 47.7. The first-order valence-electron chi connectivity index (χ1n) is 14.6.